The Kier molecular flexibility index (Phi) is 3.08. The van der Waals surface area contributed by atoms with Crippen LogP contribution in [-0.2, 0) is 12.8 Å². The van der Waals surface area contributed by atoms with Gasteiger partial charge in [-0.25, -0.2) is 4.68 Å². The molecule has 0 aliphatic rings. The Labute approximate surface area is 101 Å². The highest BCUT2D eigenvalue weighted by Gasteiger charge is 2.39. The van der Waals surface area contributed by atoms with Gasteiger partial charge in [0.15, 0.2) is 5.69 Å². The van der Waals surface area contributed by atoms with Gasteiger partial charge in [-0.1, -0.05) is 22.9 Å². The first-order chi connectivity index (χ1) is 8.43. The van der Waals surface area contributed by atoms with Gasteiger partial charge in [0.1, 0.15) is 5.69 Å². The van der Waals surface area contributed by atoms with Crippen LogP contribution in [0.1, 0.15) is 17.0 Å². The molecule has 1 N–H and O–H groups in total. The maximum atomic E-state index is 12.9. The Hall–Kier alpha value is -1.89. The Bertz CT molecular complexity index is 546. The van der Waals surface area contributed by atoms with Crippen LogP contribution in [0.3, 0.4) is 0 Å². The average molecular weight is 257 g/mol. The molecule has 0 spiro atoms. The van der Waals surface area contributed by atoms with E-state index in [4.69, 9.17) is 5.11 Å². The van der Waals surface area contributed by atoms with Gasteiger partial charge in [0.25, 0.3) is 0 Å². The molecule has 0 radical (unpaired) electrons. The van der Waals surface area contributed by atoms with Crippen molar-refractivity contribution >= 4 is 0 Å². The van der Waals surface area contributed by atoms with E-state index >= 15 is 0 Å². The molecule has 18 heavy (non-hydrogen) atoms. The molecule has 0 saturated carbocycles. The first-order valence-corrected chi connectivity index (χ1v) is 5.13. The Morgan fingerprint density at radius 1 is 1.22 bits per heavy atom. The molecule has 0 aliphatic carbocycles. The molecule has 4 nitrogen and oxygen atoms in total. The molecule has 7 heteroatoms. The summed E-state index contributed by atoms with van der Waals surface area (Å²) in [5.41, 5.74) is -0.355. The van der Waals surface area contributed by atoms with Crippen molar-refractivity contribution in [3.63, 3.8) is 0 Å². The van der Waals surface area contributed by atoms with Crippen LogP contribution in [0.5, 0.6) is 0 Å². The molecule has 0 unspecified atom stereocenters. The number of rotatable bonds is 2. The number of alkyl halides is 3. The molecule has 1 aromatic heterocycles. The van der Waals surface area contributed by atoms with Crippen molar-refractivity contribution in [2.45, 2.75) is 19.7 Å². The average Bonchev–Trinajstić information content (AvgIpc) is 2.73. The number of hydrogen-bond donors (Lipinski definition) is 1. The van der Waals surface area contributed by atoms with E-state index in [9.17, 15) is 13.2 Å². The van der Waals surface area contributed by atoms with E-state index in [1.807, 2.05) is 6.92 Å². The predicted molar refractivity (Wildman–Crippen MR) is 57.0 cm³/mol. The third-order valence-electron chi connectivity index (χ3n) is 2.44. The highest BCUT2D eigenvalue weighted by atomic mass is 19.4. The fraction of sp³-hybridized carbons (Fsp3) is 0.273. The smallest absolute Gasteiger partial charge is 0.390 e. The van der Waals surface area contributed by atoms with E-state index in [1.54, 1.807) is 12.1 Å². The number of benzene rings is 1. The van der Waals surface area contributed by atoms with Crippen LogP contribution in [0, 0.1) is 6.92 Å². The molecule has 0 fully saturated rings. The lowest BCUT2D eigenvalue weighted by molar-refractivity contribution is -0.143. The van der Waals surface area contributed by atoms with Crippen LogP contribution in [-0.4, -0.2) is 20.1 Å². The number of aliphatic hydroxyl groups is 1. The zero-order valence-corrected chi connectivity index (χ0v) is 9.44. The van der Waals surface area contributed by atoms with Gasteiger partial charge in [-0.2, -0.15) is 13.2 Å². The van der Waals surface area contributed by atoms with E-state index < -0.39 is 24.2 Å². The van der Waals surface area contributed by atoms with Crippen molar-refractivity contribution in [2.75, 3.05) is 0 Å². The minimum atomic E-state index is -4.62. The van der Waals surface area contributed by atoms with Crippen molar-refractivity contribution in [3.05, 3.63) is 41.2 Å². The van der Waals surface area contributed by atoms with E-state index in [0.29, 0.717) is 4.68 Å². The zero-order chi connectivity index (χ0) is 13.3. The largest absolute Gasteiger partial charge is 0.435 e. The lowest BCUT2D eigenvalue weighted by atomic mass is 10.2. The Morgan fingerprint density at radius 3 is 2.33 bits per heavy atom. The summed E-state index contributed by atoms with van der Waals surface area (Å²) in [6.45, 7) is 1.02. The van der Waals surface area contributed by atoms with Crippen molar-refractivity contribution < 1.29 is 18.3 Å². The molecule has 0 amide bonds. The van der Waals surface area contributed by atoms with Gasteiger partial charge in [0.2, 0.25) is 0 Å². The van der Waals surface area contributed by atoms with Gasteiger partial charge in [-0.05, 0) is 19.1 Å². The molecule has 2 rings (SSSR count). The maximum Gasteiger partial charge on any atom is 0.435 e. The van der Waals surface area contributed by atoms with E-state index in [2.05, 4.69) is 10.3 Å². The van der Waals surface area contributed by atoms with E-state index in [-0.39, 0.29) is 5.69 Å². The predicted octanol–water partition coefficient (Wildman–Crippen LogP) is 2.09. The second kappa shape index (κ2) is 4.41. The maximum absolute atomic E-state index is 12.9. The normalized spacial score (nSPS) is 11.8. The molecule has 2 aromatic rings. The van der Waals surface area contributed by atoms with E-state index in [1.165, 1.54) is 12.1 Å². The van der Waals surface area contributed by atoms with E-state index in [0.717, 1.165) is 5.56 Å². The van der Waals surface area contributed by atoms with Crippen molar-refractivity contribution in [3.8, 4) is 5.69 Å². The summed E-state index contributed by atoms with van der Waals surface area (Å²) >= 11 is 0. The molecule has 1 heterocycles. The van der Waals surface area contributed by atoms with Gasteiger partial charge < -0.3 is 5.11 Å². The molecule has 1 aromatic carbocycles. The Balaban J connectivity index is 2.58. The first kappa shape index (κ1) is 12.6. The van der Waals surface area contributed by atoms with Crippen LogP contribution < -0.4 is 0 Å². The van der Waals surface area contributed by atoms with Gasteiger partial charge in [-0.3, -0.25) is 0 Å². The van der Waals surface area contributed by atoms with Crippen molar-refractivity contribution in [1.82, 2.24) is 15.0 Å². The van der Waals surface area contributed by atoms with Gasteiger partial charge in [-0.15, -0.1) is 5.10 Å². The number of halogens is 3. The van der Waals surface area contributed by atoms with Crippen LogP contribution >= 0.6 is 0 Å². The van der Waals surface area contributed by atoms with Gasteiger partial charge >= 0.3 is 6.18 Å². The van der Waals surface area contributed by atoms with Gasteiger partial charge in [0, 0.05) is 0 Å². The Morgan fingerprint density at radius 2 is 1.83 bits per heavy atom. The lowest BCUT2D eigenvalue weighted by Crippen LogP contribution is -2.15. The molecular weight excluding hydrogens is 247 g/mol. The lowest BCUT2D eigenvalue weighted by Gasteiger charge is -2.10. The summed E-state index contributed by atoms with van der Waals surface area (Å²) in [6.07, 6.45) is -4.62. The molecule has 0 bridgehead atoms. The number of hydrogen-bond acceptors (Lipinski definition) is 3. The fourth-order valence-corrected chi connectivity index (χ4v) is 1.57. The van der Waals surface area contributed by atoms with Crippen molar-refractivity contribution in [1.29, 1.82) is 0 Å². The van der Waals surface area contributed by atoms with Crippen LogP contribution in [0.2, 0.25) is 0 Å². The van der Waals surface area contributed by atoms with Crippen molar-refractivity contribution in [2.24, 2.45) is 0 Å². The van der Waals surface area contributed by atoms with Crippen LogP contribution in [0.25, 0.3) is 5.69 Å². The standard InChI is InChI=1S/C11H10F3N3O/c1-7-2-4-8(5-3-7)17-10(11(12,13)14)9(6-18)15-16-17/h2-5,18H,6H2,1H3. The second-order valence-corrected chi connectivity index (χ2v) is 3.79. The summed E-state index contributed by atoms with van der Waals surface area (Å²) in [5, 5.41) is 15.7. The molecule has 0 aliphatic heterocycles. The topological polar surface area (TPSA) is 50.9 Å². The van der Waals surface area contributed by atoms with Crippen LogP contribution in [0.15, 0.2) is 24.3 Å². The van der Waals surface area contributed by atoms with Gasteiger partial charge in [0.05, 0.1) is 12.3 Å². The number of aliphatic hydroxyl groups excluding tert-OH is 1. The molecule has 96 valence electrons. The molecular formula is C11H10F3N3O. The monoisotopic (exact) mass is 257 g/mol. The second-order valence-electron chi connectivity index (χ2n) is 3.79. The summed E-state index contributed by atoms with van der Waals surface area (Å²) in [5.74, 6) is 0. The molecule has 0 atom stereocenters. The number of nitrogens with zero attached hydrogens (tertiary/aromatic N) is 3. The summed E-state index contributed by atoms with van der Waals surface area (Å²) in [6, 6.07) is 6.38. The minimum Gasteiger partial charge on any atom is -0.390 e. The highest BCUT2D eigenvalue weighted by molar-refractivity contribution is 5.36. The first-order valence-electron chi connectivity index (χ1n) is 5.13. The number of aromatic nitrogens is 3. The SMILES string of the molecule is Cc1ccc(-n2nnc(CO)c2C(F)(F)F)cc1. The van der Waals surface area contributed by atoms with Crippen LogP contribution in [0.4, 0.5) is 13.2 Å². The minimum absolute atomic E-state index is 0.250. The highest BCUT2D eigenvalue weighted by Crippen LogP contribution is 2.32. The summed E-state index contributed by atoms with van der Waals surface area (Å²) in [4.78, 5) is 0. The quantitative estimate of drug-likeness (QED) is 0.896. The zero-order valence-electron chi connectivity index (χ0n) is 9.44. The fourth-order valence-electron chi connectivity index (χ4n) is 1.57. The number of aryl methyl sites for hydroxylation is 1. The summed E-state index contributed by atoms with van der Waals surface area (Å²) in [7, 11) is 0. The summed E-state index contributed by atoms with van der Waals surface area (Å²) < 4.78 is 39.3. The third-order valence-corrected chi connectivity index (χ3v) is 2.44. The molecule has 0 saturated heterocycles. The third kappa shape index (κ3) is 2.21.